The number of unbranched alkanes of at least 4 members (excludes halogenated alkanes) is 1. The van der Waals surface area contributed by atoms with E-state index in [0.717, 1.165) is 6.42 Å². The molecule has 0 aromatic rings. The van der Waals surface area contributed by atoms with Crippen LogP contribution in [-0.4, -0.2) is 30.8 Å². The lowest BCUT2D eigenvalue weighted by atomic mass is 9.93. The van der Waals surface area contributed by atoms with Gasteiger partial charge in [0.2, 0.25) is 10.0 Å². The summed E-state index contributed by atoms with van der Waals surface area (Å²) in [5, 5.41) is 11.7. The third-order valence-corrected chi connectivity index (χ3v) is 4.45. The van der Waals surface area contributed by atoms with Crippen molar-refractivity contribution in [3.63, 3.8) is 0 Å². The van der Waals surface area contributed by atoms with Gasteiger partial charge in [0.15, 0.2) is 5.84 Å². The van der Waals surface area contributed by atoms with E-state index in [-0.39, 0.29) is 11.6 Å². The molecule has 0 rings (SSSR count). The number of hydrogen-bond acceptors (Lipinski definition) is 4. The fourth-order valence-corrected chi connectivity index (χ4v) is 3.35. The van der Waals surface area contributed by atoms with Gasteiger partial charge in [-0.05, 0) is 19.3 Å². The summed E-state index contributed by atoms with van der Waals surface area (Å²) >= 11 is 0. The van der Waals surface area contributed by atoms with E-state index in [9.17, 15) is 8.42 Å². The van der Waals surface area contributed by atoms with E-state index in [1.54, 1.807) is 13.8 Å². The molecule has 0 fully saturated rings. The van der Waals surface area contributed by atoms with Crippen molar-refractivity contribution in [3.05, 3.63) is 0 Å². The molecule has 0 amide bonds. The molecule has 0 heterocycles. The highest BCUT2D eigenvalue weighted by atomic mass is 32.2. The largest absolute Gasteiger partial charge is 0.409 e. The average molecular weight is 265 g/mol. The predicted molar refractivity (Wildman–Crippen MR) is 68.6 cm³/mol. The second-order valence-electron chi connectivity index (χ2n) is 4.05. The molecule has 4 N–H and O–H groups in total. The standard InChI is InChI=1S/C10H23N3O3S/c1-4-7-8-17(15,16)13-10(5-2,6-3)9(11)12-14/h13-14H,4-8H2,1-3H3,(H2,11,12). The van der Waals surface area contributed by atoms with Gasteiger partial charge in [0, 0.05) is 0 Å². The Balaban J connectivity index is 5.01. The van der Waals surface area contributed by atoms with Gasteiger partial charge >= 0.3 is 0 Å². The third-order valence-electron chi connectivity index (χ3n) is 2.92. The Morgan fingerprint density at radius 3 is 2.24 bits per heavy atom. The second-order valence-corrected chi connectivity index (χ2v) is 5.89. The van der Waals surface area contributed by atoms with Gasteiger partial charge in [-0.2, -0.15) is 0 Å². The smallest absolute Gasteiger partial charge is 0.212 e. The first kappa shape index (κ1) is 16.2. The van der Waals surface area contributed by atoms with Gasteiger partial charge in [0.25, 0.3) is 0 Å². The van der Waals surface area contributed by atoms with Crippen LogP contribution >= 0.6 is 0 Å². The van der Waals surface area contributed by atoms with Crippen molar-refractivity contribution in [2.45, 2.75) is 52.0 Å². The van der Waals surface area contributed by atoms with Gasteiger partial charge in [-0.1, -0.05) is 32.3 Å². The van der Waals surface area contributed by atoms with E-state index in [1.807, 2.05) is 6.92 Å². The Labute approximate surface area is 103 Å². The van der Waals surface area contributed by atoms with Crippen molar-refractivity contribution < 1.29 is 13.6 Å². The predicted octanol–water partition coefficient (Wildman–Crippen LogP) is 1.01. The SMILES string of the molecule is CCCCS(=O)(=O)NC(CC)(CC)/C(N)=N/O. The first-order valence-corrected chi connectivity index (χ1v) is 7.52. The minimum absolute atomic E-state index is 0.0595. The highest BCUT2D eigenvalue weighted by Crippen LogP contribution is 2.17. The summed E-state index contributed by atoms with van der Waals surface area (Å²) in [6.45, 7) is 5.51. The fraction of sp³-hybridized carbons (Fsp3) is 0.900. The number of rotatable bonds is 8. The van der Waals surface area contributed by atoms with Crippen LogP contribution in [-0.2, 0) is 10.0 Å². The molecule has 0 saturated heterocycles. The minimum Gasteiger partial charge on any atom is -0.409 e. The van der Waals surface area contributed by atoms with Crippen LogP contribution in [0.2, 0.25) is 0 Å². The van der Waals surface area contributed by atoms with E-state index >= 15 is 0 Å². The highest BCUT2D eigenvalue weighted by molar-refractivity contribution is 7.89. The van der Waals surface area contributed by atoms with Gasteiger partial charge in [0.1, 0.15) is 0 Å². The van der Waals surface area contributed by atoms with Gasteiger partial charge in [0.05, 0.1) is 11.3 Å². The molecule has 0 spiro atoms. The molecular formula is C10H23N3O3S. The number of hydrogen-bond donors (Lipinski definition) is 3. The maximum atomic E-state index is 11.8. The molecule has 0 radical (unpaired) electrons. The molecule has 0 saturated carbocycles. The summed E-state index contributed by atoms with van der Waals surface area (Å²) in [6.07, 6.45) is 2.26. The van der Waals surface area contributed by atoms with Crippen molar-refractivity contribution in [1.82, 2.24) is 4.72 Å². The van der Waals surface area contributed by atoms with Gasteiger partial charge in [-0.25, -0.2) is 13.1 Å². The molecule has 0 aromatic carbocycles. The number of nitrogens with one attached hydrogen (secondary N) is 1. The Hall–Kier alpha value is -0.820. The molecule has 0 aliphatic rings. The maximum Gasteiger partial charge on any atom is 0.212 e. The van der Waals surface area contributed by atoms with E-state index in [4.69, 9.17) is 10.9 Å². The third kappa shape index (κ3) is 4.51. The molecule has 0 aromatic heterocycles. The lowest BCUT2D eigenvalue weighted by molar-refractivity contribution is 0.307. The molecule has 0 bridgehead atoms. The summed E-state index contributed by atoms with van der Waals surface area (Å²) < 4.78 is 26.2. The summed E-state index contributed by atoms with van der Waals surface area (Å²) in [6, 6.07) is 0. The molecule has 17 heavy (non-hydrogen) atoms. The monoisotopic (exact) mass is 265 g/mol. The summed E-state index contributed by atoms with van der Waals surface area (Å²) in [5.74, 6) is -0.0354. The van der Waals surface area contributed by atoms with Crippen LogP contribution in [0.15, 0.2) is 5.16 Å². The Morgan fingerprint density at radius 2 is 1.88 bits per heavy atom. The second kappa shape index (κ2) is 6.80. The molecule has 0 aliphatic heterocycles. The van der Waals surface area contributed by atoms with Crippen LogP contribution in [0.4, 0.5) is 0 Å². The number of nitrogens with two attached hydrogens (primary N) is 1. The summed E-state index contributed by atoms with van der Waals surface area (Å²) in [7, 11) is -3.40. The first-order chi connectivity index (χ1) is 7.87. The summed E-state index contributed by atoms with van der Waals surface area (Å²) in [4.78, 5) is 0. The molecule has 0 unspecified atom stereocenters. The van der Waals surface area contributed by atoms with Crippen molar-refractivity contribution in [2.24, 2.45) is 10.9 Å². The lowest BCUT2D eigenvalue weighted by Gasteiger charge is -2.30. The van der Waals surface area contributed by atoms with Crippen molar-refractivity contribution >= 4 is 15.9 Å². The Bertz CT molecular complexity index is 348. The van der Waals surface area contributed by atoms with E-state index < -0.39 is 15.6 Å². The van der Waals surface area contributed by atoms with Gasteiger partial charge in [-0.15, -0.1) is 0 Å². The van der Waals surface area contributed by atoms with Crippen LogP contribution in [0.5, 0.6) is 0 Å². The zero-order chi connectivity index (χ0) is 13.5. The van der Waals surface area contributed by atoms with Crippen molar-refractivity contribution in [2.75, 3.05) is 5.75 Å². The van der Waals surface area contributed by atoms with Gasteiger partial charge in [-0.3, -0.25) is 0 Å². The topological polar surface area (TPSA) is 105 Å². The maximum absolute atomic E-state index is 11.8. The minimum atomic E-state index is -3.40. The van der Waals surface area contributed by atoms with Crippen molar-refractivity contribution in [3.8, 4) is 0 Å². The van der Waals surface area contributed by atoms with Crippen molar-refractivity contribution in [1.29, 1.82) is 0 Å². The molecule has 0 aliphatic carbocycles. The number of nitrogens with zero attached hydrogens (tertiary/aromatic N) is 1. The molecule has 6 nitrogen and oxygen atoms in total. The molecular weight excluding hydrogens is 242 g/mol. The Morgan fingerprint density at radius 1 is 1.35 bits per heavy atom. The lowest BCUT2D eigenvalue weighted by Crippen LogP contribution is -2.57. The summed E-state index contributed by atoms with van der Waals surface area (Å²) in [5.41, 5.74) is 4.60. The van der Waals surface area contributed by atoms with E-state index in [1.165, 1.54) is 0 Å². The van der Waals surface area contributed by atoms with Gasteiger partial charge < -0.3 is 10.9 Å². The highest BCUT2D eigenvalue weighted by Gasteiger charge is 2.35. The molecule has 102 valence electrons. The normalized spacial score (nSPS) is 13.9. The first-order valence-electron chi connectivity index (χ1n) is 5.87. The van der Waals surface area contributed by atoms with E-state index in [0.29, 0.717) is 19.3 Å². The van der Waals surface area contributed by atoms with Crippen LogP contribution < -0.4 is 10.5 Å². The quantitative estimate of drug-likeness (QED) is 0.263. The average Bonchev–Trinajstić information content (AvgIpc) is 2.32. The Kier molecular flexibility index (Phi) is 6.48. The number of amidine groups is 1. The molecule has 7 heteroatoms. The number of sulfonamides is 1. The van der Waals surface area contributed by atoms with Crippen LogP contribution in [0.25, 0.3) is 0 Å². The molecule has 0 atom stereocenters. The fourth-order valence-electron chi connectivity index (χ4n) is 1.59. The van der Waals surface area contributed by atoms with E-state index in [2.05, 4.69) is 9.88 Å². The zero-order valence-electron chi connectivity index (χ0n) is 10.7. The van der Waals surface area contributed by atoms with Crippen LogP contribution in [0.1, 0.15) is 46.5 Å². The van der Waals surface area contributed by atoms with Crippen LogP contribution in [0.3, 0.4) is 0 Å². The zero-order valence-corrected chi connectivity index (χ0v) is 11.5. The number of oxime groups is 1. The van der Waals surface area contributed by atoms with Crippen LogP contribution in [0, 0.1) is 0 Å².